The molecule has 0 aliphatic carbocycles. The Labute approximate surface area is 178 Å². The number of carbonyl (C=O) groups excluding carboxylic acids is 2. The molecule has 1 unspecified atom stereocenters. The van der Waals surface area contributed by atoms with E-state index >= 15 is 0 Å². The number of Topliss-reactive ketones (excluding diaryl/α,β-unsaturated/α-hetero) is 1. The minimum atomic E-state index is -0.316. The quantitative estimate of drug-likeness (QED) is 0.539. The van der Waals surface area contributed by atoms with E-state index in [4.69, 9.17) is 0 Å². The van der Waals surface area contributed by atoms with Crippen LogP contribution in [0.25, 0.3) is 10.6 Å². The Morgan fingerprint density at radius 2 is 1.80 bits per heavy atom. The summed E-state index contributed by atoms with van der Waals surface area (Å²) >= 11 is 1.38. The summed E-state index contributed by atoms with van der Waals surface area (Å²) in [7, 11) is 0. The average molecular weight is 424 g/mol. The van der Waals surface area contributed by atoms with Gasteiger partial charge < -0.3 is 4.90 Å². The smallest absolute Gasteiger partial charge is 0.223 e. The Bertz CT molecular complexity index is 1040. The average Bonchev–Trinajstić information content (AvgIpc) is 3.28. The van der Waals surface area contributed by atoms with Crippen LogP contribution in [0.15, 0.2) is 54.6 Å². The number of benzene rings is 2. The molecule has 7 heteroatoms. The van der Waals surface area contributed by atoms with Crippen molar-refractivity contribution in [3.63, 3.8) is 0 Å². The highest BCUT2D eigenvalue weighted by Gasteiger charge is 2.27. The summed E-state index contributed by atoms with van der Waals surface area (Å²) in [6.45, 7) is 1.25. The molecule has 5 nitrogen and oxygen atoms in total. The number of amides is 1. The van der Waals surface area contributed by atoms with Gasteiger partial charge in [-0.2, -0.15) is 0 Å². The fourth-order valence-electron chi connectivity index (χ4n) is 3.70. The predicted molar refractivity (Wildman–Crippen MR) is 114 cm³/mol. The van der Waals surface area contributed by atoms with E-state index in [9.17, 15) is 14.0 Å². The lowest BCUT2D eigenvalue weighted by Gasteiger charge is -2.31. The third-order valence-electron chi connectivity index (χ3n) is 5.33. The van der Waals surface area contributed by atoms with Crippen molar-refractivity contribution in [2.45, 2.75) is 31.6 Å². The molecule has 1 aromatic heterocycles. The van der Waals surface area contributed by atoms with E-state index in [1.165, 1.54) is 17.4 Å². The van der Waals surface area contributed by atoms with Gasteiger partial charge in [-0.15, -0.1) is 10.2 Å². The number of aromatic nitrogens is 2. The van der Waals surface area contributed by atoms with Gasteiger partial charge in [-0.05, 0) is 25.0 Å². The lowest BCUT2D eigenvalue weighted by Crippen LogP contribution is -2.39. The van der Waals surface area contributed by atoms with Gasteiger partial charge in [0.1, 0.15) is 10.8 Å². The lowest BCUT2D eigenvalue weighted by atomic mass is 9.98. The number of rotatable bonds is 6. The van der Waals surface area contributed by atoms with Crippen LogP contribution in [0.3, 0.4) is 0 Å². The van der Waals surface area contributed by atoms with Crippen LogP contribution in [0.5, 0.6) is 0 Å². The van der Waals surface area contributed by atoms with Crippen LogP contribution < -0.4 is 0 Å². The number of hydrogen-bond acceptors (Lipinski definition) is 5. The number of hydrogen-bond donors (Lipinski definition) is 0. The van der Waals surface area contributed by atoms with E-state index in [2.05, 4.69) is 10.2 Å². The van der Waals surface area contributed by atoms with Crippen molar-refractivity contribution in [1.29, 1.82) is 0 Å². The molecule has 0 saturated carbocycles. The zero-order chi connectivity index (χ0) is 20.9. The van der Waals surface area contributed by atoms with Gasteiger partial charge in [-0.1, -0.05) is 53.8 Å². The van der Waals surface area contributed by atoms with E-state index < -0.39 is 0 Å². The lowest BCUT2D eigenvalue weighted by molar-refractivity contribution is -0.132. The fourth-order valence-corrected chi connectivity index (χ4v) is 4.69. The molecule has 30 heavy (non-hydrogen) atoms. The third kappa shape index (κ3) is 4.62. The molecule has 3 aromatic rings. The Hall–Kier alpha value is -2.93. The van der Waals surface area contributed by atoms with Gasteiger partial charge in [0.25, 0.3) is 0 Å². The van der Waals surface area contributed by atoms with Gasteiger partial charge in [0.05, 0.1) is 0 Å². The standard InChI is InChI=1S/C23H22FN3O2S/c24-19-11-5-4-10-18(19)23-26-25-22(30-23)17-9-6-14-27(15-17)21(29)13-12-20(28)16-7-2-1-3-8-16/h1-5,7-8,10-11,17H,6,9,12-15H2. The molecule has 0 spiro atoms. The van der Waals surface area contributed by atoms with Crippen molar-refractivity contribution < 1.29 is 14.0 Å². The second kappa shape index (κ2) is 9.26. The number of carbonyl (C=O) groups is 2. The third-order valence-corrected chi connectivity index (χ3v) is 6.45. The van der Waals surface area contributed by atoms with Gasteiger partial charge in [-0.3, -0.25) is 9.59 Å². The summed E-state index contributed by atoms with van der Waals surface area (Å²) in [6.07, 6.45) is 2.20. The first-order valence-electron chi connectivity index (χ1n) is 10.1. The Morgan fingerprint density at radius 3 is 2.60 bits per heavy atom. The van der Waals surface area contributed by atoms with Crippen molar-refractivity contribution in [2.24, 2.45) is 0 Å². The van der Waals surface area contributed by atoms with Crippen LogP contribution in [0.4, 0.5) is 4.39 Å². The van der Waals surface area contributed by atoms with Crippen LogP contribution in [0.1, 0.15) is 47.0 Å². The highest BCUT2D eigenvalue weighted by molar-refractivity contribution is 7.14. The summed E-state index contributed by atoms with van der Waals surface area (Å²) in [5, 5.41) is 9.82. The van der Waals surface area contributed by atoms with Crippen LogP contribution in [-0.4, -0.2) is 39.9 Å². The summed E-state index contributed by atoms with van der Waals surface area (Å²) in [6, 6.07) is 15.6. The van der Waals surface area contributed by atoms with E-state index in [1.54, 1.807) is 30.3 Å². The minimum Gasteiger partial charge on any atom is -0.342 e. The van der Waals surface area contributed by atoms with E-state index in [-0.39, 0.29) is 36.3 Å². The van der Waals surface area contributed by atoms with Crippen LogP contribution in [0.2, 0.25) is 0 Å². The summed E-state index contributed by atoms with van der Waals surface area (Å²) < 4.78 is 14.0. The molecule has 2 heterocycles. The maximum Gasteiger partial charge on any atom is 0.223 e. The van der Waals surface area contributed by atoms with Crippen molar-refractivity contribution in [1.82, 2.24) is 15.1 Å². The first-order valence-corrected chi connectivity index (χ1v) is 10.9. The zero-order valence-corrected chi connectivity index (χ0v) is 17.3. The Kier molecular flexibility index (Phi) is 6.28. The molecule has 0 N–H and O–H groups in total. The Morgan fingerprint density at radius 1 is 1.03 bits per heavy atom. The molecule has 1 aliphatic heterocycles. The SMILES string of the molecule is O=C(CCC(=O)N1CCCC(c2nnc(-c3ccccc3F)s2)C1)c1ccccc1. The molecule has 4 rings (SSSR count). The normalized spacial score (nSPS) is 16.4. The fraction of sp³-hybridized carbons (Fsp3) is 0.304. The largest absolute Gasteiger partial charge is 0.342 e. The van der Waals surface area contributed by atoms with Crippen molar-refractivity contribution in [2.75, 3.05) is 13.1 Å². The first kappa shape index (κ1) is 20.3. The van der Waals surface area contributed by atoms with Crippen molar-refractivity contribution in [3.05, 3.63) is 71.0 Å². The van der Waals surface area contributed by atoms with Crippen molar-refractivity contribution >= 4 is 23.0 Å². The number of piperidine rings is 1. The van der Waals surface area contributed by atoms with Crippen LogP contribution in [-0.2, 0) is 4.79 Å². The molecule has 1 aliphatic rings. The highest BCUT2D eigenvalue weighted by atomic mass is 32.1. The number of nitrogens with zero attached hydrogens (tertiary/aromatic N) is 3. The summed E-state index contributed by atoms with van der Waals surface area (Å²) in [5.74, 6) is -0.256. The Balaban J connectivity index is 1.37. The van der Waals surface area contributed by atoms with E-state index in [0.717, 1.165) is 17.8 Å². The van der Waals surface area contributed by atoms with Gasteiger partial charge in [0.2, 0.25) is 5.91 Å². The molecule has 154 valence electrons. The molecule has 1 atom stereocenters. The van der Waals surface area contributed by atoms with Gasteiger partial charge in [-0.25, -0.2) is 4.39 Å². The molecule has 0 radical (unpaired) electrons. The zero-order valence-electron chi connectivity index (χ0n) is 16.5. The molecule has 1 amide bonds. The number of ketones is 1. The predicted octanol–water partition coefficient (Wildman–Crippen LogP) is 4.71. The maximum atomic E-state index is 14.0. The van der Waals surface area contributed by atoms with Gasteiger partial charge in [0, 0.05) is 43.0 Å². The molecule has 1 fully saturated rings. The van der Waals surface area contributed by atoms with E-state index in [0.29, 0.717) is 29.2 Å². The molecule has 1 saturated heterocycles. The highest BCUT2D eigenvalue weighted by Crippen LogP contribution is 2.33. The second-order valence-electron chi connectivity index (χ2n) is 7.39. The van der Waals surface area contributed by atoms with Crippen molar-refractivity contribution in [3.8, 4) is 10.6 Å². The maximum absolute atomic E-state index is 14.0. The molecular formula is C23H22FN3O2S. The van der Waals surface area contributed by atoms with Crippen LogP contribution in [0, 0.1) is 5.82 Å². The topological polar surface area (TPSA) is 63.2 Å². The number of likely N-dealkylation sites (tertiary alicyclic amines) is 1. The monoisotopic (exact) mass is 423 g/mol. The summed E-state index contributed by atoms with van der Waals surface area (Å²) in [5.41, 5.74) is 1.08. The first-order chi connectivity index (χ1) is 14.6. The van der Waals surface area contributed by atoms with Gasteiger partial charge in [0.15, 0.2) is 10.8 Å². The summed E-state index contributed by atoms with van der Waals surface area (Å²) in [4.78, 5) is 26.8. The molecule has 0 bridgehead atoms. The van der Waals surface area contributed by atoms with Gasteiger partial charge >= 0.3 is 0 Å². The van der Waals surface area contributed by atoms with E-state index in [1.807, 2.05) is 23.1 Å². The number of halogens is 1. The second-order valence-corrected chi connectivity index (χ2v) is 8.40. The molecule has 2 aromatic carbocycles. The minimum absolute atomic E-state index is 0.0113. The van der Waals surface area contributed by atoms with Crippen LogP contribution >= 0.6 is 11.3 Å². The molecular weight excluding hydrogens is 401 g/mol.